The fourth-order valence-corrected chi connectivity index (χ4v) is 1.91. The number of amides is 1. The second-order valence-electron chi connectivity index (χ2n) is 4.98. The van der Waals surface area contributed by atoms with Gasteiger partial charge in [-0.05, 0) is 34.9 Å². The molecule has 0 aliphatic carbocycles. The smallest absolute Gasteiger partial charge is 0.242 e. The standard InChI is InChI=1S/C11H23N3O/c1-9-8-13(5)6-7-14(9)10(15)11(2,3)12-4/h9,12H,6-8H2,1-5H3. The number of nitrogens with zero attached hydrogens (tertiary/aromatic N) is 2. The monoisotopic (exact) mass is 213 g/mol. The number of hydrogen-bond donors (Lipinski definition) is 1. The van der Waals surface area contributed by atoms with Crippen molar-refractivity contribution >= 4 is 5.91 Å². The summed E-state index contributed by atoms with van der Waals surface area (Å²) in [4.78, 5) is 16.5. The van der Waals surface area contributed by atoms with Gasteiger partial charge in [0.1, 0.15) is 0 Å². The summed E-state index contributed by atoms with van der Waals surface area (Å²) in [5, 5.41) is 3.07. The topological polar surface area (TPSA) is 35.6 Å². The lowest BCUT2D eigenvalue weighted by atomic mass is 10.0. The molecule has 0 aromatic rings. The van der Waals surface area contributed by atoms with Gasteiger partial charge in [0.05, 0.1) is 5.54 Å². The van der Waals surface area contributed by atoms with Gasteiger partial charge in [0, 0.05) is 25.7 Å². The number of piperazine rings is 1. The normalized spacial score (nSPS) is 24.3. The van der Waals surface area contributed by atoms with Crippen molar-refractivity contribution in [2.24, 2.45) is 0 Å². The van der Waals surface area contributed by atoms with Gasteiger partial charge in [0.15, 0.2) is 0 Å². The fraction of sp³-hybridized carbons (Fsp3) is 0.909. The van der Waals surface area contributed by atoms with E-state index in [0.29, 0.717) is 6.04 Å². The fourth-order valence-electron chi connectivity index (χ4n) is 1.91. The molecule has 1 heterocycles. The van der Waals surface area contributed by atoms with Gasteiger partial charge in [-0.3, -0.25) is 4.79 Å². The third-order valence-electron chi connectivity index (χ3n) is 3.25. The zero-order valence-corrected chi connectivity index (χ0v) is 10.5. The number of likely N-dealkylation sites (N-methyl/N-ethyl adjacent to an activating group) is 2. The molecule has 0 spiro atoms. The molecule has 4 nitrogen and oxygen atoms in total. The highest BCUT2D eigenvalue weighted by atomic mass is 16.2. The Morgan fingerprint density at radius 1 is 1.40 bits per heavy atom. The summed E-state index contributed by atoms with van der Waals surface area (Å²) in [5.74, 6) is 0.200. The lowest BCUT2D eigenvalue weighted by molar-refractivity contribution is -0.141. The van der Waals surface area contributed by atoms with E-state index in [4.69, 9.17) is 0 Å². The van der Waals surface area contributed by atoms with Gasteiger partial charge < -0.3 is 15.1 Å². The molecule has 1 unspecified atom stereocenters. The average molecular weight is 213 g/mol. The lowest BCUT2D eigenvalue weighted by Crippen LogP contribution is -2.60. The minimum Gasteiger partial charge on any atom is -0.336 e. The van der Waals surface area contributed by atoms with Crippen molar-refractivity contribution in [1.82, 2.24) is 15.1 Å². The third-order valence-corrected chi connectivity index (χ3v) is 3.25. The van der Waals surface area contributed by atoms with Crippen molar-refractivity contribution in [3.05, 3.63) is 0 Å². The van der Waals surface area contributed by atoms with E-state index in [-0.39, 0.29) is 5.91 Å². The summed E-state index contributed by atoms with van der Waals surface area (Å²) in [6.07, 6.45) is 0. The first kappa shape index (κ1) is 12.5. The second kappa shape index (κ2) is 4.49. The maximum atomic E-state index is 12.2. The van der Waals surface area contributed by atoms with Gasteiger partial charge in [-0.2, -0.15) is 0 Å². The Bertz CT molecular complexity index is 240. The van der Waals surface area contributed by atoms with Crippen molar-refractivity contribution in [3.63, 3.8) is 0 Å². The highest BCUT2D eigenvalue weighted by Gasteiger charge is 2.34. The first-order valence-electron chi connectivity index (χ1n) is 5.57. The number of nitrogens with one attached hydrogen (secondary N) is 1. The highest BCUT2D eigenvalue weighted by molar-refractivity contribution is 5.85. The van der Waals surface area contributed by atoms with Crippen molar-refractivity contribution in [2.45, 2.75) is 32.4 Å². The van der Waals surface area contributed by atoms with E-state index in [1.165, 1.54) is 0 Å². The van der Waals surface area contributed by atoms with E-state index < -0.39 is 5.54 Å². The predicted molar refractivity (Wildman–Crippen MR) is 61.8 cm³/mol. The molecule has 1 aliphatic heterocycles. The van der Waals surface area contributed by atoms with Gasteiger partial charge in [-0.1, -0.05) is 0 Å². The Labute approximate surface area is 92.6 Å². The molecule has 1 atom stereocenters. The summed E-state index contributed by atoms with van der Waals surface area (Å²) in [5.41, 5.74) is -0.454. The Balaban J connectivity index is 2.68. The maximum absolute atomic E-state index is 12.2. The Hall–Kier alpha value is -0.610. The number of carbonyl (C=O) groups excluding carboxylic acids is 1. The van der Waals surface area contributed by atoms with Crippen LogP contribution in [0, 0.1) is 0 Å². The lowest BCUT2D eigenvalue weighted by Gasteiger charge is -2.41. The summed E-state index contributed by atoms with van der Waals surface area (Å²) < 4.78 is 0. The van der Waals surface area contributed by atoms with Crippen LogP contribution in [0.15, 0.2) is 0 Å². The van der Waals surface area contributed by atoms with Crippen LogP contribution in [0.25, 0.3) is 0 Å². The molecule has 88 valence electrons. The quantitative estimate of drug-likeness (QED) is 0.709. The van der Waals surface area contributed by atoms with E-state index >= 15 is 0 Å². The summed E-state index contributed by atoms with van der Waals surface area (Å²) >= 11 is 0. The van der Waals surface area contributed by atoms with Crippen LogP contribution in [0.2, 0.25) is 0 Å². The molecule has 0 saturated carbocycles. The zero-order valence-electron chi connectivity index (χ0n) is 10.5. The summed E-state index contributed by atoms with van der Waals surface area (Å²) in [6.45, 7) is 8.74. The molecular weight excluding hydrogens is 190 g/mol. The largest absolute Gasteiger partial charge is 0.336 e. The van der Waals surface area contributed by atoms with Gasteiger partial charge >= 0.3 is 0 Å². The van der Waals surface area contributed by atoms with Gasteiger partial charge in [0.2, 0.25) is 5.91 Å². The van der Waals surface area contributed by atoms with Gasteiger partial charge in [-0.15, -0.1) is 0 Å². The maximum Gasteiger partial charge on any atom is 0.242 e. The Morgan fingerprint density at radius 3 is 2.47 bits per heavy atom. The molecule has 0 aromatic carbocycles. The Kier molecular flexibility index (Phi) is 3.73. The summed E-state index contributed by atoms with van der Waals surface area (Å²) in [6, 6.07) is 0.309. The van der Waals surface area contributed by atoms with E-state index in [2.05, 4.69) is 24.2 Å². The molecule has 1 aliphatic rings. The third kappa shape index (κ3) is 2.69. The van der Waals surface area contributed by atoms with Crippen molar-refractivity contribution < 1.29 is 4.79 Å². The number of carbonyl (C=O) groups is 1. The van der Waals surface area contributed by atoms with Crippen molar-refractivity contribution in [3.8, 4) is 0 Å². The first-order valence-corrected chi connectivity index (χ1v) is 5.57. The van der Waals surface area contributed by atoms with Crippen LogP contribution >= 0.6 is 0 Å². The van der Waals surface area contributed by atoms with E-state index in [1.807, 2.05) is 25.8 Å². The van der Waals surface area contributed by atoms with Crippen LogP contribution in [0.5, 0.6) is 0 Å². The molecule has 4 heteroatoms. The van der Waals surface area contributed by atoms with Crippen LogP contribution in [-0.4, -0.2) is 61.0 Å². The predicted octanol–water partition coefficient (Wildman–Crippen LogP) is 0.147. The number of rotatable bonds is 2. The van der Waals surface area contributed by atoms with Crippen molar-refractivity contribution in [1.29, 1.82) is 0 Å². The molecule has 0 aromatic heterocycles. The molecule has 1 rings (SSSR count). The van der Waals surface area contributed by atoms with Crippen LogP contribution in [0.3, 0.4) is 0 Å². The van der Waals surface area contributed by atoms with E-state index in [0.717, 1.165) is 19.6 Å². The number of hydrogen-bond acceptors (Lipinski definition) is 3. The van der Waals surface area contributed by atoms with Gasteiger partial charge in [-0.25, -0.2) is 0 Å². The van der Waals surface area contributed by atoms with Crippen molar-refractivity contribution in [2.75, 3.05) is 33.7 Å². The minimum atomic E-state index is -0.454. The SMILES string of the molecule is CNC(C)(C)C(=O)N1CCN(C)CC1C. The molecule has 0 bridgehead atoms. The minimum absolute atomic E-state index is 0.200. The van der Waals surface area contributed by atoms with E-state index in [1.54, 1.807) is 0 Å². The van der Waals surface area contributed by atoms with Gasteiger partial charge in [0.25, 0.3) is 0 Å². The van der Waals surface area contributed by atoms with Crippen LogP contribution in [0.1, 0.15) is 20.8 Å². The van der Waals surface area contributed by atoms with E-state index in [9.17, 15) is 4.79 Å². The molecule has 15 heavy (non-hydrogen) atoms. The summed E-state index contributed by atoms with van der Waals surface area (Å²) in [7, 11) is 3.93. The molecular formula is C11H23N3O. The van der Waals surface area contributed by atoms with Crippen LogP contribution < -0.4 is 5.32 Å². The molecule has 1 saturated heterocycles. The highest BCUT2D eigenvalue weighted by Crippen LogP contribution is 2.14. The molecule has 0 radical (unpaired) electrons. The van der Waals surface area contributed by atoms with Crippen LogP contribution in [0.4, 0.5) is 0 Å². The van der Waals surface area contributed by atoms with Crippen LogP contribution in [-0.2, 0) is 4.79 Å². The first-order chi connectivity index (χ1) is 6.88. The zero-order chi connectivity index (χ0) is 11.6. The molecule has 1 N–H and O–H groups in total. The molecule has 1 amide bonds. The Morgan fingerprint density at radius 2 is 2.00 bits per heavy atom. The molecule has 1 fully saturated rings. The average Bonchev–Trinajstić information content (AvgIpc) is 2.17. The second-order valence-corrected chi connectivity index (χ2v) is 4.98.